The van der Waals surface area contributed by atoms with Gasteiger partial charge in [0.1, 0.15) is 12.1 Å². The fourth-order valence-electron chi connectivity index (χ4n) is 4.15. The van der Waals surface area contributed by atoms with Crippen LogP contribution in [0.1, 0.15) is 33.6 Å². The van der Waals surface area contributed by atoms with Gasteiger partial charge in [0.2, 0.25) is 0 Å². The Morgan fingerprint density at radius 1 is 0.919 bits per heavy atom. The van der Waals surface area contributed by atoms with Crippen molar-refractivity contribution in [1.82, 2.24) is 25.1 Å². The molecule has 0 atom stereocenters. The molecule has 13 heteroatoms. The Labute approximate surface area is 242 Å². The van der Waals surface area contributed by atoms with E-state index in [-0.39, 0.29) is 61.4 Å². The molecule has 206 valence electrons. The van der Waals surface area contributed by atoms with Gasteiger partial charge in [-0.15, -0.1) is 49.6 Å². The topological polar surface area (TPSA) is 116 Å². The van der Waals surface area contributed by atoms with Crippen LogP contribution in [0, 0.1) is 0 Å². The highest BCUT2D eigenvalue weighted by Crippen LogP contribution is 2.36. The van der Waals surface area contributed by atoms with Gasteiger partial charge in [-0.25, -0.2) is 9.97 Å². The molecule has 0 fully saturated rings. The van der Waals surface area contributed by atoms with Crippen LogP contribution < -0.4 is 16.4 Å². The van der Waals surface area contributed by atoms with Crippen LogP contribution in [0.3, 0.4) is 0 Å². The fraction of sp³-hybridized carbons (Fsp3) is 0.417. The second kappa shape index (κ2) is 16.1. The first-order valence-corrected chi connectivity index (χ1v) is 11.4. The number of likely N-dealkylation sites (N-methyl/N-ethyl adjacent to an activating group) is 1. The fourth-order valence-corrected chi connectivity index (χ4v) is 4.15. The molecule has 0 spiro atoms. The minimum Gasteiger partial charge on any atom is -0.369 e. The highest BCUT2D eigenvalue weighted by molar-refractivity contribution is 6.29. The van der Waals surface area contributed by atoms with Crippen molar-refractivity contribution in [1.29, 1.82) is 0 Å². The van der Waals surface area contributed by atoms with Crippen LogP contribution in [0.4, 0.5) is 5.82 Å². The summed E-state index contributed by atoms with van der Waals surface area (Å²) in [7, 11) is 3.84. The molecular formula is C24H35Cl4N7O2. The van der Waals surface area contributed by atoms with E-state index in [2.05, 4.69) is 20.6 Å². The van der Waals surface area contributed by atoms with Crippen LogP contribution in [-0.2, 0) is 0 Å². The number of benzene rings is 2. The number of nitrogens with zero attached hydrogens (tertiary/aromatic N) is 4. The molecule has 0 radical (unpaired) electrons. The van der Waals surface area contributed by atoms with Crippen LogP contribution in [0.5, 0.6) is 0 Å². The van der Waals surface area contributed by atoms with E-state index >= 15 is 0 Å². The van der Waals surface area contributed by atoms with Crippen molar-refractivity contribution < 1.29 is 9.59 Å². The summed E-state index contributed by atoms with van der Waals surface area (Å²) in [6.07, 6.45) is 3.41. The maximum absolute atomic E-state index is 13.4. The Morgan fingerprint density at radius 3 is 2.32 bits per heavy atom. The monoisotopic (exact) mass is 593 g/mol. The molecule has 0 saturated heterocycles. The first kappa shape index (κ1) is 35.0. The largest absolute Gasteiger partial charge is 0.369 e. The van der Waals surface area contributed by atoms with Gasteiger partial charge >= 0.3 is 0 Å². The first-order valence-electron chi connectivity index (χ1n) is 11.4. The van der Waals surface area contributed by atoms with Gasteiger partial charge in [-0.3, -0.25) is 14.5 Å². The maximum atomic E-state index is 13.4. The van der Waals surface area contributed by atoms with Crippen molar-refractivity contribution in [2.45, 2.75) is 12.8 Å². The average molecular weight is 595 g/mol. The normalized spacial score (nSPS) is 12.1. The van der Waals surface area contributed by atoms with E-state index in [1.54, 1.807) is 6.07 Å². The Hall–Kier alpha value is -1.98. The van der Waals surface area contributed by atoms with Crippen molar-refractivity contribution in [3.63, 3.8) is 0 Å². The Kier molecular flexibility index (Phi) is 15.2. The van der Waals surface area contributed by atoms with Gasteiger partial charge < -0.3 is 21.3 Å². The summed E-state index contributed by atoms with van der Waals surface area (Å²) >= 11 is 0. The van der Waals surface area contributed by atoms with Crippen LogP contribution in [0.2, 0.25) is 0 Å². The lowest BCUT2D eigenvalue weighted by Gasteiger charge is -2.28. The minimum atomic E-state index is -0.272. The summed E-state index contributed by atoms with van der Waals surface area (Å²) in [4.78, 5) is 38.7. The van der Waals surface area contributed by atoms with Crippen LogP contribution >= 0.6 is 49.6 Å². The molecule has 0 unspecified atom stereocenters. The van der Waals surface area contributed by atoms with Crippen LogP contribution in [0.15, 0.2) is 30.6 Å². The highest BCUT2D eigenvalue weighted by atomic mass is 35.5. The molecule has 0 aliphatic carbocycles. The summed E-state index contributed by atoms with van der Waals surface area (Å²) in [6.45, 7) is 4.16. The zero-order valence-electron chi connectivity index (χ0n) is 20.9. The molecule has 0 saturated carbocycles. The first-order chi connectivity index (χ1) is 16.0. The van der Waals surface area contributed by atoms with Gasteiger partial charge in [-0.1, -0.05) is 12.1 Å². The van der Waals surface area contributed by atoms with Gasteiger partial charge in [0.15, 0.2) is 0 Å². The van der Waals surface area contributed by atoms with Crippen LogP contribution in [-0.4, -0.2) is 84.9 Å². The Bertz CT molecular complexity index is 1200. The van der Waals surface area contributed by atoms with E-state index in [1.807, 2.05) is 37.2 Å². The van der Waals surface area contributed by atoms with Crippen molar-refractivity contribution in [2.75, 3.05) is 58.7 Å². The Balaban J connectivity index is 0.00000324. The smallest absolute Gasteiger partial charge is 0.261 e. The number of hydrogen-bond acceptors (Lipinski definition) is 8. The number of imide groups is 1. The van der Waals surface area contributed by atoms with Gasteiger partial charge in [-0.05, 0) is 58.7 Å². The van der Waals surface area contributed by atoms with Gasteiger partial charge in [0.05, 0.1) is 5.52 Å². The molecule has 1 aromatic heterocycles. The minimum absolute atomic E-state index is 0. The predicted octanol–water partition coefficient (Wildman–Crippen LogP) is 3.37. The number of carbonyl (C=O) groups is 2. The predicted molar refractivity (Wildman–Crippen MR) is 160 cm³/mol. The number of fused-ring (bicyclic) bond motifs is 2. The molecule has 2 heterocycles. The number of nitrogens with two attached hydrogens (primary N) is 1. The second-order valence-electron chi connectivity index (χ2n) is 8.51. The third kappa shape index (κ3) is 7.54. The number of rotatable bonds is 11. The molecule has 37 heavy (non-hydrogen) atoms. The van der Waals surface area contributed by atoms with Crippen molar-refractivity contribution in [3.8, 4) is 0 Å². The van der Waals surface area contributed by atoms with Crippen molar-refractivity contribution in [3.05, 3.63) is 41.7 Å². The SMILES string of the molecule is CN(C)CCN1C(=O)c2cccc3c2c(cc2c(NCCCNCCCN)ncnc23)C1=O.Cl.Cl.Cl.Cl. The third-order valence-electron chi connectivity index (χ3n) is 5.86. The number of hydrogen-bond donors (Lipinski definition) is 3. The summed E-state index contributed by atoms with van der Waals surface area (Å²) in [5, 5.41) is 9.00. The number of carbonyl (C=O) groups excluding carboxylic acids is 2. The lowest BCUT2D eigenvalue weighted by atomic mass is 9.92. The molecule has 2 aromatic carbocycles. The van der Waals surface area contributed by atoms with E-state index in [1.165, 1.54) is 11.2 Å². The number of aromatic nitrogens is 2. The lowest BCUT2D eigenvalue weighted by molar-refractivity contribution is 0.0601. The number of nitrogens with one attached hydrogen (secondary N) is 2. The molecule has 1 aliphatic heterocycles. The molecular weight excluding hydrogens is 560 g/mol. The summed E-state index contributed by atoms with van der Waals surface area (Å²) in [5.41, 5.74) is 7.31. The Morgan fingerprint density at radius 2 is 1.62 bits per heavy atom. The van der Waals surface area contributed by atoms with E-state index in [9.17, 15) is 9.59 Å². The van der Waals surface area contributed by atoms with Crippen LogP contribution in [0.25, 0.3) is 21.7 Å². The van der Waals surface area contributed by atoms with Gasteiger partial charge in [-0.2, -0.15) is 0 Å². The molecule has 4 rings (SSSR count). The third-order valence-corrected chi connectivity index (χ3v) is 5.86. The summed E-state index contributed by atoms with van der Waals surface area (Å²) in [5.74, 6) is 0.162. The van der Waals surface area contributed by atoms with E-state index in [0.717, 1.165) is 48.8 Å². The van der Waals surface area contributed by atoms with Gasteiger partial charge in [0.25, 0.3) is 11.8 Å². The zero-order valence-corrected chi connectivity index (χ0v) is 24.1. The molecule has 9 nitrogen and oxygen atoms in total. The van der Waals surface area contributed by atoms with Crippen molar-refractivity contribution >= 4 is 88.9 Å². The summed E-state index contributed by atoms with van der Waals surface area (Å²) in [6, 6.07) is 7.38. The molecule has 4 N–H and O–H groups in total. The molecule has 0 bridgehead atoms. The molecule has 3 aromatic rings. The van der Waals surface area contributed by atoms with Gasteiger partial charge in [0, 0.05) is 46.9 Å². The number of amides is 2. The molecule has 2 amide bonds. The van der Waals surface area contributed by atoms with Crippen molar-refractivity contribution in [2.24, 2.45) is 5.73 Å². The average Bonchev–Trinajstić information content (AvgIpc) is 2.81. The number of halogens is 4. The quantitative estimate of drug-likeness (QED) is 0.176. The standard InChI is InChI=1S/C24H31N7O2.4ClH/c1-30(2)12-13-31-23(32)17-7-3-6-16-20(17)18(24(31)33)14-19-21(16)28-15-29-22(19)27-11-5-10-26-9-4-8-25;;;;/h3,6-7,14-15,26H,4-5,8-13,25H2,1-2H3,(H,27,28,29);4*1H. The van der Waals surface area contributed by atoms with E-state index < -0.39 is 0 Å². The number of anilines is 1. The molecule has 1 aliphatic rings. The maximum Gasteiger partial charge on any atom is 0.261 e. The van der Waals surface area contributed by atoms with E-state index in [4.69, 9.17) is 5.73 Å². The van der Waals surface area contributed by atoms with E-state index in [0.29, 0.717) is 42.0 Å². The zero-order chi connectivity index (χ0) is 23.4. The second-order valence-corrected chi connectivity index (χ2v) is 8.51. The highest BCUT2D eigenvalue weighted by Gasteiger charge is 2.33. The lowest BCUT2D eigenvalue weighted by Crippen LogP contribution is -2.43. The summed E-state index contributed by atoms with van der Waals surface area (Å²) < 4.78 is 0.